The summed E-state index contributed by atoms with van der Waals surface area (Å²) in [7, 11) is 0. The van der Waals surface area contributed by atoms with E-state index in [4.69, 9.17) is 11.6 Å². The summed E-state index contributed by atoms with van der Waals surface area (Å²) in [5.41, 5.74) is 1.24. The molecule has 2 aromatic carbocycles. The van der Waals surface area contributed by atoms with Crippen LogP contribution in [0.5, 0.6) is 0 Å². The molecule has 0 spiro atoms. The molecule has 2 fully saturated rings. The van der Waals surface area contributed by atoms with Gasteiger partial charge in [-0.25, -0.2) is 18.2 Å². The van der Waals surface area contributed by atoms with E-state index in [9.17, 15) is 28.4 Å². The first kappa shape index (κ1) is 31.7. The third kappa shape index (κ3) is 6.53. The van der Waals surface area contributed by atoms with Crippen LogP contribution in [0.15, 0.2) is 85.3 Å². The number of pyridine rings is 2. The Morgan fingerprint density at radius 1 is 1.04 bits per heavy atom. The van der Waals surface area contributed by atoms with Crippen LogP contribution in [0.4, 0.5) is 24.7 Å². The number of nitrogens with zero attached hydrogens (tertiary/aromatic N) is 5. The number of carbonyl (C=O) groups is 3. The lowest BCUT2D eigenvalue weighted by atomic mass is 9.87. The third-order valence-corrected chi connectivity index (χ3v) is 8.52. The lowest BCUT2D eigenvalue weighted by Gasteiger charge is -2.39. The van der Waals surface area contributed by atoms with E-state index >= 15 is 4.39 Å². The van der Waals surface area contributed by atoms with E-state index in [1.54, 1.807) is 24.3 Å². The van der Waals surface area contributed by atoms with Gasteiger partial charge in [0.15, 0.2) is 0 Å². The van der Waals surface area contributed by atoms with Crippen molar-refractivity contribution in [2.24, 2.45) is 0 Å². The van der Waals surface area contributed by atoms with Gasteiger partial charge in [0.25, 0.3) is 11.8 Å². The highest BCUT2D eigenvalue weighted by molar-refractivity contribution is 6.31. The summed E-state index contributed by atoms with van der Waals surface area (Å²) >= 11 is 6.60. The Balaban J connectivity index is 1.51. The zero-order valence-electron chi connectivity index (χ0n) is 24.6. The molecule has 238 valence electrons. The number of hydrogen-bond donors (Lipinski definition) is 1. The van der Waals surface area contributed by atoms with Gasteiger partial charge in [0, 0.05) is 60.2 Å². The Morgan fingerprint density at radius 2 is 1.79 bits per heavy atom. The highest BCUT2D eigenvalue weighted by Crippen LogP contribution is 2.40. The van der Waals surface area contributed by atoms with Crippen molar-refractivity contribution in [2.45, 2.75) is 49.7 Å². The van der Waals surface area contributed by atoms with Crippen molar-refractivity contribution < 1.29 is 27.6 Å². The van der Waals surface area contributed by atoms with E-state index in [0.29, 0.717) is 11.1 Å². The van der Waals surface area contributed by atoms with Gasteiger partial charge in [-0.1, -0.05) is 29.8 Å². The van der Waals surface area contributed by atoms with Gasteiger partial charge in [-0.15, -0.1) is 0 Å². The van der Waals surface area contributed by atoms with Crippen molar-refractivity contribution in [2.75, 3.05) is 9.80 Å². The van der Waals surface area contributed by atoms with Gasteiger partial charge in [-0.05, 0) is 66.1 Å². The molecular weight excluding hydrogens is 633 g/mol. The molecule has 1 aliphatic carbocycles. The zero-order chi connectivity index (χ0) is 33.3. The highest BCUT2D eigenvalue weighted by atomic mass is 35.5. The third-order valence-electron chi connectivity index (χ3n) is 8.17. The summed E-state index contributed by atoms with van der Waals surface area (Å²) < 4.78 is 43.0. The molecule has 13 heteroatoms. The number of anilines is 2. The van der Waals surface area contributed by atoms with Crippen molar-refractivity contribution in [3.05, 3.63) is 107 Å². The minimum absolute atomic E-state index is 0.0187. The Kier molecular flexibility index (Phi) is 8.66. The molecule has 1 saturated heterocycles. The molecule has 0 bridgehead atoms. The number of rotatable bonds is 8. The van der Waals surface area contributed by atoms with Crippen LogP contribution in [0, 0.1) is 17.1 Å². The molecule has 9 nitrogen and oxygen atoms in total. The SMILES string of the molecule is N#Cc1ccnc(N2C(=O)CCC2C(=O)N(c2cc(F)cc(-c3ccncc3)c2)C(C(=O)NC2CC(F)(F)C2)c2ccccc2Cl)c1. The molecule has 6 rings (SSSR count). The largest absolute Gasteiger partial charge is 0.351 e. The fourth-order valence-corrected chi connectivity index (χ4v) is 6.19. The number of amides is 3. The molecule has 1 aliphatic heterocycles. The summed E-state index contributed by atoms with van der Waals surface area (Å²) in [5, 5.41) is 12.2. The summed E-state index contributed by atoms with van der Waals surface area (Å²) in [6.45, 7) is 0. The van der Waals surface area contributed by atoms with E-state index in [1.165, 1.54) is 55.0 Å². The van der Waals surface area contributed by atoms with Crippen molar-refractivity contribution in [3.63, 3.8) is 0 Å². The van der Waals surface area contributed by atoms with E-state index < -0.39 is 60.4 Å². The molecule has 3 heterocycles. The van der Waals surface area contributed by atoms with Gasteiger partial charge >= 0.3 is 0 Å². The number of benzene rings is 2. The molecule has 1 saturated carbocycles. The van der Waals surface area contributed by atoms with Crippen molar-refractivity contribution >= 4 is 40.8 Å². The summed E-state index contributed by atoms with van der Waals surface area (Å²) in [4.78, 5) is 52.7. The van der Waals surface area contributed by atoms with Crippen LogP contribution in [0.25, 0.3) is 11.1 Å². The van der Waals surface area contributed by atoms with Crippen LogP contribution in [0.1, 0.15) is 42.9 Å². The summed E-state index contributed by atoms with van der Waals surface area (Å²) in [6.07, 6.45) is 3.17. The molecular formula is C34H26ClF3N6O3. The molecule has 3 amide bonds. The number of aromatic nitrogens is 2. The first-order valence-electron chi connectivity index (χ1n) is 14.7. The molecule has 2 unspecified atom stereocenters. The van der Waals surface area contributed by atoms with Gasteiger partial charge in [0.05, 0.1) is 11.6 Å². The van der Waals surface area contributed by atoms with Crippen LogP contribution < -0.4 is 15.1 Å². The first-order valence-corrected chi connectivity index (χ1v) is 15.1. The van der Waals surface area contributed by atoms with Crippen LogP contribution in [0.2, 0.25) is 5.02 Å². The molecule has 47 heavy (non-hydrogen) atoms. The van der Waals surface area contributed by atoms with E-state index in [-0.39, 0.29) is 40.5 Å². The maximum Gasteiger partial charge on any atom is 0.252 e. The predicted molar refractivity (Wildman–Crippen MR) is 167 cm³/mol. The van der Waals surface area contributed by atoms with E-state index in [1.807, 2.05) is 6.07 Å². The topological polar surface area (TPSA) is 119 Å². The Bertz CT molecular complexity index is 1900. The minimum Gasteiger partial charge on any atom is -0.351 e. The second-order valence-corrected chi connectivity index (χ2v) is 11.8. The molecule has 1 N–H and O–H groups in total. The fourth-order valence-electron chi connectivity index (χ4n) is 5.95. The Labute approximate surface area is 272 Å². The van der Waals surface area contributed by atoms with E-state index in [0.717, 1.165) is 15.9 Å². The molecule has 4 aromatic rings. The van der Waals surface area contributed by atoms with Crippen molar-refractivity contribution in [1.29, 1.82) is 5.26 Å². The maximum absolute atomic E-state index is 15.4. The highest BCUT2D eigenvalue weighted by Gasteiger charge is 2.48. The minimum atomic E-state index is -2.94. The zero-order valence-corrected chi connectivity index (χ0v) is 25.4. The fraction of sp³-hybridized carbons (Fsp3) is 0.235. The maximum atomic E-state index is 15.4. The molecule has 2 aromatic heterocycles. The summed E-state index contributed by atoms with van der Waals surface area (Å²) in [6, 6.07) is 14.5. The molecule has 2 aliphatic rings. The molecule has 2 atom stereocenters. The van der Waals surface area contributed by atoms with Gasteiger partial charge in [0.2, 0.25) is 11.8 Å². The standard InChI is InChI=1S/C34H26ClF3N6O3/c35-27-4-2-1-3-26(27)31(32(46)42-24-17-34(37,38)18-24)43(25-15-22(14-23(36)16-25)21-8-10-40-11-9-21)33(47)28-5-6-30(45)44(28)29-13-20(19-39)7-12-41-29/h1-4,7-16,24,28,31H,5-6,17-18H2,(H,42,46). The smallest absolute Gasteiger partial charge is 0.252 e. The van der Waals surface area contributed by atoms with Crippen LogP contribution in [-0.2, 0) is 14.4 Å². The van der Waals surface area contributed by atoms with Crippen LogP contribution in [-0.4, -0.2) is 45.7 Å². The van der Waals surface area contributed by atoms with Crippen molar-refractivity contribution in [3.8, 4) is 17.2 Å². The van der Waals surface area contributed by atoms with E-state index in [2.05, 4.69) is 15.3 Å². The second-order valence-electron chi connectivity index (χ2n) is 11.4. The van der Waals surface area contributed by atoms with Crippen LogP contribution in [0.3, 0.4) is 0 Å². The van der Waals surface area contributed by atoms with Gasteiger partial charge in [-0.3, -0.25) is 29.2 Å². The second kappa shape index (κ2) is 12.8. The summed E-state index contributed by atoms with van der Waals surface area (Å²) in [5.74, 6) is -5.65. The lowest BCUT2D eigenvalue weighted by Crippen LogP contribution is -2.56. The number of nitriles is 1. The Morgan fingerprint density at radius 3 is 2.49 bits per heavy atom. The predicted octanol–water partition coefficient (Wildman–Crippen LogP) is 5.99. The van der Waals surface area contributed by atoms with Gasteiger partial charge in [-0.2, -0.15) is 5.26 Å². The van der Waals surface area contributed by atoms with Crippen molar-refractivity contribution in [1.82, 2.24) is 15.3 Å². The molecule has 0 radical (unpaired) electrons. The number of alkyl halides is 2. The quantitative estimate of drug-likeness (QED) is 0.248. The Hall–Kier alpha value is -5.28. The van der Waals surface area contributed by atoms with Gasteiger partial charge in [0.1, 0.15) is 23.7 Å². The number of carbonyl (C=O) groups excluding carboxylic acids is 3. The number of hydrogen-bond acceptors (Lipinski definition) is 6. The first-order chi connectivity index (χ1) is 22.5. The number of halogens is 4. The number of nitrogens with one attached hydrogen (secondary N) is 1. The monoisotopic (exact) mass is 658 g/mol. The average molecular weight is 659 g/mol. The average Bonchev–Trinajstić information content (AvgIpc) is 3.44. The van der Waals surface area contributed by atoms with Gasteiger partial charge < -0.3 is 5.32 Å². The normalized spacial score (nSPS) is 17.8. The van der Waals surface area contributed by atoms with Crippen LogP contribution >= 0.6 is 11.6 Å². The lowest BCUT2D eigenvalue weighted by molar-refractivity contribution is -0.133.